The molecule has 1 saturated carbocycles. The van der Waals surface area contributed by atoms with E-state index < -0.39 is 9.84 Å². The molecule has 0 atom stereocenters. The number of halogens is 1. The molecular weight excluding hydrogens is 348 g/mol. The van der Waals surface area contributed by atoms with Gasteiger partial charge in [-0.25, -0.2) is 8.42 Å². The first-order valence-electron chi connectivity index (χ1n) is 8.12. The lowest BCUT2D eigenvalue weighted by molar-refractivity contribution is 0.456. The second kappa shape index (κ2) is 7.35. The van der Waals surface area contributed by atoms with E-state index in [9.17, 15) is 8.42 Å². The van der Waals surface area contributed by atoms with Crippen LogP contribution in [0.5, 0.6) is 0 Å². The highest BCUT2D eigenvalue weighted by Gasteiger charge is 2.45. The Balaban J connectivity index is 2.06. The molecule has 0 aromatic carbocycles. The first-order valence-corrected chi connectivity index (χ1v) is 10.6. The van der Waals surface area contributed by atoms with Gasteiger partial charge in [-0.05, 0) is 25.8 Å². The van der Waals surface area contributed by atoms with Crippen molar-refractivity contribution in [3.63, 3.8) is 0 Å². The van der Waals surface area contributed by atoms with Crippen LogP contribution < -0.4 is 5.32 Å². The highest BCUT2D eigenvalue weighted by molar-refractivity contribution is 7.90. The zero-order valence-electron chi connectivity index (χ0n) is 14.8. The van der Waals surface area contributed by atoms with Gasteiger partial charge < -0.3 is 14.8 Å². The molecule has 136 valence electrons. The van der Waals surface area contributed by atoms with Gasteiger partial charge >= 0.3 is 0 Å². The Morgan fingerprint density at radius 2 is 2.17 bits per heavy atom. The minimum Gasteiger partial charge on any atom is -0.357 e. The van der Waals surface area contributed by atoms with Crippen molar-refractivity contribution in [2.75, 3.05) is 32.1 Å². The largest absolute Gasteiger partial charge is 0.357 e. The number of nitrogens with one attached hydrogen (secondary N) is 1. The second-order valence-electron chi connectivity index (χ2n) is 6.86. The number of aromatic nitrogens is 1. The van der Waals surface area contributed by atoms with Crippen molar-refractivity contribution in [1.82, 2.24) is 14.8 Å². The number of guanidine groups is 1. The lowest BCUT2D eigenvalue weighted by Gasteiger charge is -2.23. The van der Waals surface area contributed by atoms with Crippen LogP contribution in [0, 0.1) is 5.41 Å². The third-order valence-corrected chi connectivity index (χ3v) is 5.60. The highest BCUT2D eigenvalue weighted by Crippen LogP contribution is 2.46. The maximum Gasteiger partial charge on any atom is 0.194 e. The lowest BCUT2D eigenvalue weighted by Crippen LogP contribution is -2.39. The number of nitrogens with zero attached hydrogens (tertiary/aromatic N) is 3. The summed E-state index contributed by atoms with van der Waals surface area (Å²) in [5.41, 5.74) is 0.925. The van der Waals surface area contributed by atoms with E-state index in [1.165, 1.54) is 6.26 Å². The fourth-order valence-corrected chi connectivity index (χ4v) is 4.60. The Hall–Kier alpha value is -1.21. The number of aliphatic imine (C=N–C) groups is 1. The monoisotopic (exact) mass is 374 g/mol. The molecule has 0 unspecified atom stereocenters. The normalized spacial score (nSPS) is 17.0. The van der Waals surface area contributed by atoms with Crippen molar-refractivity contribution in [2.45, 2.75) is 26.3 Å². The second-order valence-corrected chi connectivity index (χ2v) is 9.43. The van der Waals surface area contributed by atoms with Gasteiger partial charge in [0.25, 0.3) is 0 Å². The van der Waals surface area contributed by atoms with Crippen molar-refractivity contribution in [1.29, 1.82) is 0 Å². The molecule has 1 fully saturated rings. The van der Waals surface area contributed by atoms with E-state index in [1.54, 1.807) is 0 Å². The molecule has 6 nitrogen and oxygen atoms in total. The zero-order valence-corrected chi connectivity index (χ0v) is 16.4. The molecule has 0 radical (unpaired) electrons. The van der Waals surface area contributed by atoms with Crippen LogP contribution in [0.25, 0.3) is 0 Å². The number of hydrogen-bond acceptors (Lipinski definition) is 3. The first kappa shape index (κ1) is 19.1. The molecule has 1 heterocycles. The summed E-state index contributed by atoms with van der Waals surface area (Å²) in [5.74, 6) is 1.01. The third-order valence-electron chi connectivity index (χ3n) is 4.26. The third kappa shape index (κ3) is 5.41. The Morgan fingerprint density at radius 3 is 2.62 bits per heavy atom. The molecule has 1 aliphatic rings. The molecule has 24 heavy (non-hydrogen) atoms. The van der Waals surface area contributed by atoms with Gasteiger partial charge in [-0.15, -0.1) is 0 Å². The van der Waals surface area contributed by atoms with E-state index in [-0.39, 0.29) is 11.2 Å². The van der Waals surface area contributed by atoms with Crippen LogP contribution >= 0.6 is 11.6 Å². The summed E-state index contributed by atoms with van der Waals surface area (Å²) >= 11 is 6.04. The van der Waals surface area contributed by atoms with Crippen molar-refractivity contribution in [2.24, 2.45) is 17.5 Å². The van der Waals surface area contributed by atoms with E-state index >= 15 is 0 Å². The molecule has 1 N–H and O–H groups in total. The Kier molecular flexibility index (Phi) is 5.86. The molecular formula is C16H27ClN4O2S. The molecule has 0 spiro atoms. The number of sulfone groups is 1. The van der Waals surface area contributed by atoms with Crippen LogP contribution in [0.2, 0.25) is 5.02 Å². The van der Waals surface area contributed by atoms with Gasteiger partial charge in [-0.2, -0.15) is 0 Å². The number of rotatable bonds is 7. The molecule has 0 aliphatic heterocycles. The summed E-state index contributed by atoms with van der Waals surface area (Å²) in [6, 6.07) is 1.94. The average molecular weight is 375 g/mol. The minimum absolute atomic E-state index is 0.163. The van der Waals surface area contributed by atoms with Crippen molar-refractivity contribution in [3.05, 3.63) is 23.0 Å². The highest BCUT2D eigenvalue weighted by atomic mass is 35.5. The van der Waals surface area contributed by atoms with Crippen molar-refractivity contribution < 1.29 is 8.42 Å². The van der Waals surface area contributed by atoms with E-state index in [0.717, 1.165) is 31.0 Å². The van der Waals surface area contributed by atoms with Gasteiger partial charge in [0, 0.05) is 50.7 Å². The number of hydrogen-bond donors (Lipinski definition) is 1. The topological polar surface area (TPSA) is 66.7 Å². The van der Waals surface area contributed by atoms with Gasteiger partial charge in [0.15, 0.2) is 5.96 Å². The van der Waals surface area contributed by atoms with Crippen LogP contribution in [0.1, 0.15) is 25.5 Å². The van der Waals surface area contributed by atoms with E-state index in [2.05, 4.69) is 10.3 Å². The smallest absolute Gasteiger partial charge is 0.194 e. The fourth-order valence-electron chi connectivity index (χ4n) is 2.83. The molecule has 1 aromatic heterocycles. The van der Waals surface area contributed by atoms with Gasteiger partial charge in [-0.3, -0.25) is 4.99 Å². The first-order chi connectivity index (χ1) is 11.1. The quantitative estimate of drug-likeness (QED) is 0.584. The van der Waals surface area contributed by atoms with Crippen molar-refractivity contribution >= 4 is 27.4 Å². The van der Waals surface area contributed by atoms with E-state index in [0.29, 0.717) is 18.1 Å². The van der Waals surface area contributed by atoms with Gasteiger partial charge in [-0.1, -0.05) is 11.6 Å². The maximum atomic E-state index is 11.6. The standard InChI is InChI=1S/C16H27ClN4O2S/c1-5-18-15(19-11-16(6-7-16)12-24(4,22)23)21(3)10-14-8-13(17)9-20(14)2/h8-9H,5-7,10-12H2,1-4H3,(H,18,19). The minimum atomic E-state index is -2.97. The van der Waals surface area contributed by atoms with Crippen LogP contribution in [0.4, 0.5) is 0 Å². The maximum absolute atomic E-state index is 11.6. The molecule has 1 aliphatic carbocycles. The van der Waals surface area contributed by atoms with Gasteiger partial charge in [0.2, 0.25) is 0 Å². The summed E-state index contributed by atoms with van der Waals surface area (Å²) in [4.78, 5) is 6.72. The summed E-state index contributed by atoms with van der Waals surface area (Å²) < 4.78 is 25.2. The molecule has 0 amide bonds. The molecule has 2 rings (SSSR count). The summed E-state index contributed by atoms with van der Waals surface area (Å²) in [6.45, 7) is 4.00. The Morgan fingerprint density at radius 1 is 1.50 bits per heavy atom. The van der Waals surface area contributed by atoms with Gasteiger partial charge in [0.05, 0.1) is 17.3 Å². The predicted molar refractivity (Wildman–Crippen MR) is 99.2 cm³/mol. The van der Waals surface area contributed by atoms with Gasteiger partial charge in [0.1, 0.15) is 9.84 Å². The SMILES string of the molecule is CCNC(=NCC1(CS(C)(=O)=O)CC1)N(C)Cc1cc(Cl)cn1C. The zero-order chi connectivity index (χ0) is 18.0. The Bertz CT molecular complexity index is 708. The summed E-state index contributed by atoms with van der Waals surface area (Å²) in [6.07, 6.45) is 5.04. The average Bonchev–Trinajstić information content (AvgIpc) is 3.12. The van der Waals surface area contributed by atoms with E-state index in [4.69, 9.17) is 11.6 Å². The van der Waals surface area contributed by atoms with E-state index in [1.807, 2.05) is 42.7 Å². The summed E-state index contributed by atoms with van der Waals surface area (Å²) in [5, 5.41) is 3.99. The molecule has 8 heteroatoms. The Labute approximate surface area is 149 Å². The fraction of sp³-hybridized carbons (Fsp3) is 0.688. The van der Waals surface area contributed by atoms with Crippen LogP contribution in [0.3, 0.4) is 0 Å². The molecule has 1 aromatic rings. The summed E-state index contributed by atoms with van der Waals surface area (Å²) in [7, 11) is 0.961. The molecule has 0 bridgehead atoms. The van der Waals surface area contributed by atoms with Crippen LogP contribution in [-0.4, -0.2) is 56.0 Å². The molecule has 0 saturated heterocycles. The van der Waals surface area contributed by atoms with Crippen LogP contribution in [0.15, 0.2) is 17.3 Å². The van der Waals surface area contributed by atoms with Crippen LogP contribution in [-0.2, 0) is 23.4 Å². The van der Waals surface area contributed by atoms with Crippen molar-refractivity contribution in [3.8, 4) is 0 Å². The predicted octanol–water partition coefficient (Wildman–Crippen LogP) is 1.90. The number of aryl methyl sites for hydroxylation is 1. The lowest BCUT2D eigenvalue weighted by atomic mass is 10.1.